The van der Waals surface area contributed by atoms with Crippen molar-refractivity contribution in [3.05, 3.63) is 34.9 Å². The van der Waals surface area contributed by atoms with Gasteiger partial charge in [0.2, 0.25) is 11.8 Å². The van der Waals surface area contributed by atoms with E-state index in [0.29, 0.717) is 36.5 Å². The van der Waals surface area contributed by atoms with E-state index in [2.05, 4.69) is 41.2 Å². The van der Waals surface area contributed by atoms with E-state index in [1.54, 1.807) is 4.90 Å². The van der Waals surface area contributed by atoms with Crippen LogP contribution < -0.4 is 5.32 Å². The molecule has 4 atom stereocenters. The molecule has 1 aromatic carbocycles. The van der Waals surface area contributed by atoms with Crippen LogP contribution in [0.1, 0.15) is 60.0 Å². The predicted molar refractivity (Wildman–Crippen MR) is 112 cm³/mol. The standard InChI is InChI=1S/C23H30N4O3/c1-3-26-17-9-15(10-18(26)13-25(2)12-17)14-4-5-19-16(8-14)11-27(23(19)30)20-6-7-21(28)24-22(20)29/h4-5,8,15,17-18,20H,3,6-7,9-13H2,1-2H3,(H,24,28,29)/t15?,17-,18+,20?. The summed E-state index contributed by atoms with van der Waals surface area (Å²) in [7, 11) is 2.22. The zero-order chi connectivity index (χ0) is 21.0. The van der Waals surface area contributed by atoms with Crippen molar-refractivity contribution in [2.24, 2.45) is 0 Å². The molecule has 3 amide bonds. The molecule has 0 aromatic heterocycles. The van der Waals surface area contributed by atoms with Gasteiger partial charge in [0.25, 0.3) is 5.91 Å². The van der Waals surface area contributed by atoms with Crippen LogP contribution in [0.25, 0.3) is 0 Å². The Morgan fingerprint density at radius 3 is 2.50 bits per heavy atom. The fourth-order valence-electron chi connectivity index (χ4n) is 6.11. The van der Waals surface area contributed by atoms with Crippen molar-refractivity contribution in [1.82, 2.24) is 20.0 Å². The average Bonchev–Trinajstić information content (AvgIpc) is 3.02. The van der Waals surface area contributed by atoms with E-state index in [0.717, 1.165) is 38.0 Å². The number of nitrogens with one attached hydrogen (secondary N) is 1. The number of rotatable bonds is 3. The molecular formula is C23H30N4O3. The van der Waals surface area contributed by atoms with Crippen LogP contribution in [-0.2, 0) is 16.1 Å². The van der Waals surface area contributed by atoms with Crippen molar-refractivity contribution >= 4 is 17.7 Å². The van der Waals surface area contributed by atoms with Crippen LogP contribution >= 0.6 is 0 Å². The molecule has 160 valence electrons. The minimum Gasteiger partial charge on any atom is -0.322 e. The molecule has 7 heteroatoms. The Labute approximate surface area is 177 Å². The lowest BCUT2D eigenvalue weighted by molar-refractivity contribution is -0.136. The normalized spacial score (nSPS) is 32.3. The number of carbonyl (C=O) groups excluding carboxylic acids is 3. The number of hydrogen-bond donors (Lipinski definition) is 1. The molecular weight excluding hydrogens is 380 g/mol. The van der Waals surface area contributed by atoms with Gasteiger partial charge in [0.05, 0.1) is 0 Å². The van der Waals surface area contributed by atoms with Crippen LogP contribution in [0.15, 0.2) is 18.2 Å². The average molecular weight is 411 g/mol. The van der Waals surface area contributed by atoms with E-state index in [4.69, 9.17) is 0 Å². The summed E-state index contributed by atoms with van der Waals surface area (Å²) in [5.74, 6) is -0.180. The van der Waals surface area contributed by atoms with Gasteiger partial charge in [0.1, 0.15) is 6.04 Å². The highest BCUT2D eigenvalue weighted by atomic mass is 16.2. The van der Waals surface area contributed by atoms with Gasteiger partial charge in [-0.25, -0.2) is 0 Å². The lowest BCUT2D eigenvalue weighted by atomic mass is 9.79. The Bertz CT molecular complexity index is 884. The molecule has 1 N–H and O–H groups in total. The summed E-state index contributed by atoms with van der Waals surface area (Å²) in [6.07, 6.45) is 3.00. The molecule has 3 fully saturated rings. The van der Waals surface area contributed by atoms with Crippen molar-refractivity contribution in [1.29, 1.82) is 0 Å². The zero-order valence-electron chi connectivity index (χ0n) is 17.8. The Hall–Kier alpha value is -2.25. The lowest BCUT2D eigenvalue weighted by Gasteiger charge is -2.51. The third-order valence-corrected chi connectivity index (χ3v) is 7.48. The maximum Gasteiger partial charge on any atom is 0.255 e. The second-order valence-corrected chi connectivity index (χ2v) is 9.34. The highest BCUT2D eigenvalue weighted by Crippen LogP contribution is 2.39. The van der Waals surface area contributed by atoms with Crippen molar-refractivity contribution in [2.75, 3.05) is 26.7 Å². The van der Waals surface area contributed by atoms with Crippen molar-refractivity contribution in [3.63, 3.8) is 0 Å². The first kappa shape index (κ1) is 19.7. The number of carbonyl (C=O) groups is 3. The van der Waals surface area contributed by atoms with Crippen LogP contribution in [0, 0.1) is 0 Å². The molecule has 4 aliphatic rings. The number of amides is 3. The van der Waals surface area contributed by atoms with Gasteiger partial charge in [0, 0.05) is 43.7 Å². The second kappa shape index (κ2) is 7.46. The molecule has 2 unspecified atom stereocenters. The molecule has 0 saturated carbocycles. The summed E-state index contributed by atoms with van der Waals surface area (Å²) in [5.41, 5.74) is 3.04. The number of imide groups is 1. The highest BCUT2D eigenvalue weighted by Gasteiger charge is 2.41. The van der Waals surface area contributed by atoms with Gasteiger partial charge in [-0.3, -0.25) is 24.6 Å². The summed E-state index contributed by atoms with van der Waals surface area (Å²) < 4.78 is 0. The Balaban J connectivity index is 1.35. The minimum absolute atomic E-state index is 0.0923. The Morgan fingerprint density at radius 1 is 1.10 bits per heavy atom. The molecule has 2 bridgehead atoms. The van der Waals surface area contributed by atoms with Gasteiger partial charge >= 0.3 is 0 Å². The van der Waals surface area contributed by atoms with Gasteiger partial charge in [-0.2, -0.15) is 0 Å². The third-order valence-electron chi connectivity index (χ3n) is 7.48. The van der Waals surface area contributed by atoms with E-state index in [1.165, 1.54) is 5.56 Å². The van der Waals surface area contributed by atoms with Gasteiger partial charge in [0.15, 0.2) is 0 Å². The highest BCUT2D eigenvalue weighted by molar-refractivity contribution is 6.05. The fourth-order valence-corrected chi connectivity index (χ4v) is 6.11. The van der Waals surface area contributed by atoms with E-state index < -0.39 is 6.04 Å². The van der Waals surface area contributed by atoms with Crippen LogP contribution in [0.5, 0.6) is 0 Å². The first-order valence-electron chi connectivity index (χ1n) is 11.2. The zero-order valence-corrected chi connectivity index (χ0v) is 17.8. The first-order valence-corrected chi connectivity index (χ1v) is 11.2. The van der Waals surface area contributed by atoms with Gasteiger partial charge in [-0.15, -0.1) is 0 Å². The lowest BCUT2D eigenvalue weighted by Crippen LogP contribution is -2.60. The maximum absolute atomic E-state index is 12.9. The summed E-state index contributed by atoms with van der Waals surface area (Å²) in [5, 5.41) is 2.37. The SMILES string of the molecule is CCN1[C@@H]2CC(c3ccc4c(c3)CN(C3CCC(=O)NC3=O)C4=O)C[C@H]1CN(C)C2. The molecule has 7 nitrogen and oxygen atoms in total. The molecule has 4 aliphatic heterocycles. The number of piperazine rings is 1. The van der Waals surface area contributed by atoms with E-state index in [-0.39, 0.29) is 24.1 Å². The van der Waals surface area contributed by atoms with Crippen molar-refractivity contribution in [2.45, 2.75) is 63.2 Å². The van der Waals surface area contributed by atoms with Gasteiger partial charge < -0.3 is 9.80 Å². The van der Waals surface area contributed by atoms with Crippen LogP contribution in [0.3, 0.4) is 0 Å². The van der Waals surface area contributed by atoms with E-state index in [9.17, 15) is 14.4 Å². The summed E-state index contributed by atoms with van der Waals surface area (Å²) in [6.45, 7) is 6.06. The number of piperidine rings is 2. The predicted octanol–water partition coefficient (Wildman–Crippen LogP) is 1.33. The van der Waals surface area contributed by atoms with Gasteiger partial charge in [-0.05, 0) is 56.0 Å². The summed E-state index contributed by atoms with van der Waals surface area (Å²) in [6, 6.07) is 6.90. The maximum atomic E-state index is 12.9. The topological polar surface area (TPSA) is 73.0 Å². The quantitative estimate of drug-likeness (QED) is 0.761. The number of hydrogen-bond acceptors (Lipinski definition) is 5. The number of fused-ring (bicyclic) bond motifs is 3. The molecule has 30 heavy (non-hydrogen) atoms. The van der Waals surface area contributed by atoms with E-state index >= 15 is 0 Å². The number of nitrogens with zero attached hydrogens (tertiary/aromatic N) is 3. The smallest absolute Gasteiger partial charge is 0.255 e. The molecule has 4 heterocycles. The van der Waals surface area contributed by atoms with Gasteiger partial charge in [-0.1, -0.05) is 19.1 Å². The van der Waals surface area contributed by atoms with Crippen LogP contribution in [0.4, 0.5) is 0 Å². The molecule has 5 rings (SSSR count). The second-order valence-electron chi connectivity index (χ2n) is 9.34. The molecule has 0 radical (unpaired) electrons. The van der Waals surface area contributed by atoms with Crippen molar-refractivity contribution < 1.29 is 14.4 Å². The van der Waals surface area contributed by atoms with Crippen molar-refractivity contribution in [3.8, 4) is 0 Å². The van der Waals surface area contributed by atoms with Crippen LogP contribution in [0.2, 0.25) is 0 Å². The molecule has 1 aromatic rings. The monoisotopic (exact) mass is 410 g/mol. The third kappa shape index (κ3) is 3.24. The minimum atomic E-state index is -0.547. The molecule has 0 aliphatic carbocycles. The first-order chi connectivity index (χ1) is 14.4. The summed E-state index contributed by atoms with van der Waals surface area (Å²) in [4.78, 5) is 43.4. The number of likely N-dealkylation sites (tertiary alicyclic amines) is 1. The van der Waals surface area contributed by atoms with E-state index in [1.807, 2.05) is 6.07 Å². The largest absolute Gasteiger partial charge is 0.322 e. The number of benzene rings is 1. The fraction of sp³-hybridized carbons (Fsp3) is 0.609. The Kier molecular flexibility index (Phi) is 4.90. The summed E-state index contributed by atoms with van der Waals surface area (Å²) >= 11 is 0. The number of likely N-dealkylation sites (N-methyl/N-ethyl adjacent to an activating group) is 2. The molecule has 0 spiro atoms. The molecule has 3 saturated heterocycles. The Morgan fingerprint density at radius 2 is 1.83 bits per heavy atom. The van der Waals surface area contributed by atoms with Crippen LogP contribution in [-0.4, -0.2) is 77.2 Å².